The molecule has 0 radical (unpaired) electrons. The first-order valence-corrected chi connectivity index (χ1v) is 21.8. The summed E-state index contributed by atoms with van der Waals surface area (Å²) in [6.45, 7) is 17.2. The highest BCUT2D eigenvalue weighted by atomic mass is 16.7. The van der Waals surface area contributed by atoms with Crippen molar-refractivity contribution in [2.24, 2.45) is 11.8 Å². The molecule has 1 saturated heterocycles. The Bertz CT molecular complexity index is 1060. The van der Waals surface area contributed by atoms with E-state index in [1.807, 2.05) is 6.08 Å². The summed E-state index contributed by atoms with van der Waals surface area (Å²) in [6.07, 6.45) is 26.8. The minimum absolute atomic E-state index is 0.0452. The van der Waals surface area contributed by atoms with E-state index >= 15 is 0 Å². The van der Waals surface area contributed by atoms with E-state index in [0.29, 0.717) is 50.5 Å². The van der Waals surface area contributed by atoms with Gasteiger partial charge in [-0.1, -0.05) is 116 Å². The third kappa shape index (κ3) is 26.4. The van der Waals surface area contributed by atoms with Crippen molar-refractivity contribution in [3.8, 4) is 0 Å². The van der Waals surface area contributed by atoms with E-state index in [0.717, 1.165) is 103 Å². The lowest BCUT2D eigenvalue weighted by molar-refractivity contribution is -0.180. The predicted octanol–water partition coefficient (Wildman–Crippen LogP) is 11.8. The number of carbonyl (C=O) groups excluding carboxylic acids is 2. The van der Waals surface area contributed by atoms with E-state index in [9.17, 15) is 9.59 Å². The number of unbranched alkanes of at least 4 members (excludes halogenated alkanes) is 12. The van der Waals surface area contributed by atoms with E-state index < -0.39 is 5.79 Å². The average Bonchev–Trinajstić information content (AvgIpc) is 3.52. The molecule has 7 nitrogen and oxygen atoms in total. The largest absolute Gasteiger partial charge is 0.466 e. The Balaban J connectivity index is 2.34. The Morgan fingerprint density at radius 2 is 1.32 bits per heavy atom. The van der Waals surface area contributed by atoms with Crippen molar-refractivity contribution >= 4 is 11.9 Å². The highest BCUT2D eigenvalue weighted by Crippen LogP contribution is 2.35. The van der Waals surface area contributed by atoms with E-state index in [-0.39, 0.29) is 18.0 Å². The van der Waals surface area contributed by atoms with Crippen molar-refractivity contribution in [3.05, 3.63) is 29.8 Å². The molecule has 0 amide bonds. The van der Waals surface area contributed by atoms with Crippen LogP contribution in [0.2, 0.25) is 0 Å². The van der Waals surface area contributed by atoms with Gasteiger partial charge in [-0.25, -0.2) is 0 Å². The van der Waals surface area contributed by atoms with E-state index in [1.165, 1.54) is 44.9 Å². The van der Waals surface area contributed by atoms with E-state index in [2.05, 4.69) is 70.3 Å². The average molecular weight is 744 g/mol. The number of likely N-dealkylation sites (N-methyl/N-ethyl adjacent to an activating group) is 1. The van der Waals surface area contributed by atoms with Gasteiger partial charge in [0, 0.05) is 38.3 Å². The molecule has 0 saturated carbocycles. The van der Waals surface area contributed by atoms with Gasteiger partial charge in [0.2, 0.25) is 0 Å². The number of rotatable bonds is 34. The highest BCUT2D eigenvalue weighted by molar-refractivity contribution is 5.69. The second kappa shape index (κ2) is 32.2. The number of nitrogens with zero attached hydrogens (tertiary/aromatic N) is 1. The van der Waals surface area contributed by atoms with Crippen LogP contribution >= 0.6 is 0 Å². The minimum atomic E-state index is -0.495. The standard InChI is InChI=1S/C46H81NO6/c1-8-11-20-27-41(6)32-36-50-44(48)30-23-16-14-18-25-34-46(52-39-43(53-46)38-47(7)40(4)5)35-26-19-15-17-24-31-45(49)51-37-33-42(28-21-12-9-2)29-22-13-10-3/h28,40-43H,2,8,10-11,13-20,22-27,29-39H2,1,3-7H3. The molecular formula is C46H81NO6. The molecule has 53 heavy (non-hydrogen) atoms. The lowest BCUT2D eigenvalue weighted by Gasteiger charge is -2.30. The molecule has 0 aromatic heterocycles. The number of hydrogen-bond acceptors (Lipinski definition) is 7. The van der Waals surface area contributed by atoms with Crippen LogP contribution in [0.25, 0.3) is 0 Å². The number of ether oxygens (including phenoxy) is 4. The summed E-state index contributed by atoms with van der Waals surface area (Å²) in [5, 5.41) is 0. The molecule has 4 atom stereocenters. The fourth-order valence-corrected chi connectivity index (χ4v) is 6.92. The van der Waals surface area contributed by atoms with Gasteiger partial charge < -0.3 is 23.8 Å². The maximum atomic E-state index is 12.4. The summed E-state index contributed by atoms with van der Waals surface area (Å²) in [7, 11) is 2.15. The molecule has 0 N–H and O–H groups in total. The summed E-state index contributed by atoms with van der Waals surface area (Å²) in [6, 6.07) is 0.467. The third-order valence-electron chi connectivity index (χ3n) is 10.7. The molecule has 1 aliphatic rings. The smallest absolute Gasteiger partial charge is 0.305 e. The van der Waals surface area contributed by atoms with Crippen molar-refractivity contribution in [3.63, 3.8) is 0 Å². The number of carbonyl (C=O) groups is 2. The van der Waals surface area contributed by atoms with Crippen LogP contribution in [-0.4, -0.2) is 68.2 Å². The normalized spacial score (nSPS) is 18.0. The predicted molar refractivity (Wildman–Crippen MR) is 219 cm³/mol. The Morgan fingerprint density at radius 3 is 1.89 bits per heavy atom. The Hall–Kier alpha value is -2.10. The number of allylic oxidation sites excluding steroid dienone is 1. The van der Waals surface area contributed by atoms with Crippen LogP contribution < -0.4 is 0 Å². The molecule has 1 aliphatic heterocycles. The number of hydrogen-bond donors (Lipinski definition) is 0. The summed E-state index contributed by atoms with van der Waals surface area (Å²) in [5.41, 5.74) is 8.39. The maximum absolute atomic E-state index is 12.4. The molecule has 1 rings (SSSR count). The topological polar surface area (TPSA) is 74.3 Å². The first-order chi connectivity index (χ1) is 25.6. The molecule has 7 heteroatoms. The molecule has 0 spiro atoms. The van der Waals surface area contributed by atoms with Crippen molar-refractivity contribution in [2.75, 3.05) is 33.4 Å². The summed E-state index contributed by atoms with van der Waals surface area (Å²) < 4.78 is 24.2. The third-order valence-corrected chi connectivity index (χ3v) is 10.7. The van der Waals surface area contributed by atoms with Gasteiger partial charge in [-0.3, -0.25) is 9.59 Å². The molecule has 306 valence electrons. The minimum Gasteiger partial charge on any atom is -0.466 e. The van der Waals surface area contributed by atoms with Crippen LogP contribution in [0.15, 0.2) is 29.8 Å². The summed E-state index contributed by atoms with van der Waals surface area (Å²) >= 11 is 0. The first-order valence-electron chi connectivity index (χ1n) is 21.8. The van der Waals surface area contributed by atoms with Gasteiger partial charge >= 0.3 is 11.9 Å². The lowest BCUT2D eigenvalue weighted by atomic mass is 9.98. The van der Waals surface area contributed by atoms with Crippen LogP contribution in [0, 0.1) is 11.8 Å². The molecule has 0 aliphatic carbocycles. The molecule has 4 unspecified atom stereocenters. The van der Waals surface area contributed by atoms with Gasteiger partial charge in [-0.05, 0) is 96.1 Å². The van der Waals surface area contributed by atoms with Crippen LogP contribution in [0.3, 0.4) is 0 Å². The van der Waals surface area contributed by atoms with Gasteiger partial charge in [-0.2, -0.15) is 0 Å². The second-order valence-corrected chi connectivity index (χ2v) is 16.0. The van der Waals surface area contributed by atoms with Gasteiger partial charge in [-0.15, -0.1) is 0 Å². The van der Waals surface area contributed by atoms with Crippen molar-refractivity contribution in [2.45, 2.75) is 207 Å². The van der Waals surface area contributed by atoms with Crippen LogP contribution in [0.4, 0.5) is 0 Å². The van der Waals surface area contributed by atoms with E-state index in [1.54, 1.807) is 0 Å². The molecule has 1 fully saturated rings. The highest BCUT2D eigenvalue weighted by Gasteiger charge is 2.40. The van der Waals surface area contributed by atoms with Gasteiger partial charge in [0.1, 0.15) is 0 Å². The fourth-order valence-electron chi connectivity index (χ4n) is 6.92. The Labute approximate surface area is 326 Å². The second-order valence-electron chi connectivity index (χ2n) is 16.0. The zero-order valence-electron chi connectivity index (χ0n) is 35.3. The monoisotopic (exact) mass is 744 g/mol. The molecule has 0 aromatic rings. The number of esters is 2. The van der Waals surface area contributed by atoms with E-state index in [4.69, 9.17) is 18.9 Å². The van der Waals surface area contributed by atoms with Gasteiger partial charge in [0.25, 0.3) is 0 Å². The van der Waals surface area contributed by atoms with Crippen molar-refractivity contribution in [1.82, 2.24) is 4.90 Å². The Morgan fingerprint density at radius 1 is 0.774 bits per heavy atom. The first kappa shape index (κ1) is 48.9. The molecule has 1 heterocycles. The van der Waals surface area contributed by atoms with Crippen LogP contribution in [0.1, 0.15) is 189 Å². The molecule has 0 aromatic carbocycles. The van der Waals surface area contributed by atoms with Gasteiger partial charge in [0.05, 0.1) is 25.9 Å². The van der Waals surface area contributed by atoms with Crippen molar-refractivity contribution < 1.29 is 28.5 Å². The maximum Gasteiger partial charge on any atom is 0.305 e. The van der Waals surface area contributed by atoms with Crippen LogP contribution in [-0.2, 0) is 28.5 Å². The zero-order chi connectivity index (χ0) is 39.0. The SMILES string of the molecule is C=C=C=C=CC(CCCCC)CCOC(=O)CCCCCCCC1(CCCCCCCC(=O)OCCC(C)CCCCC)OCC(CN(C)C(C)C)O1. The zero-order valence-corrected chi connectivity index (χ0v) is 35.3. The van der Waals surface area contributed by atoms with Crippen molar-refractivity contribution in [1.29, 1.82) is 0 Å². The fraction of sp³-hybridized carbons (Fsp3) is 0.848. The quantitative estimate of drug-likeness (QED) is 0.0369. The Kier molecular flexibility index (Phi) is 29.7. The molecular weight excluding hydrogens is 663 g/mol. The van der Waals surface area contributed by atoms with Crippen LogP contribution in [0.5, 0.6) is 0 Å². The van der Waals surface area contributed by atoms with Gasteiger partial charge in [0.15, 0.2) is 5.79 Å². The summed E-state index contributed by atoms with van der Waals surface area (Å²) in [5.74, 6) is 0.330. The summed E-state index contributed by atoms with van der Waals surface area (Å²) in [4.78, 5) is 26.9. The molecule has 0 bridgehead atoms. The lowest BCUT2D eigenvalue weighted by Crippen LogP contribution is -2.37.